The summed E-state index contributed by atoms with van der Waals surface area (Å²) < 4.78 is 31.0. The maximum Gasteiger partial charge on any atom is 0.262 e. The lowest BCUT2D eigenvalue weighted by molar-refractivity contribution is -0.144. The van der Waals surface area contributed by atoms with E-state index in [2.05, 4.69) is 45.1 Å². The molecule has 5 heterocycles. The molecular formula is C43H45N5O10. The number of aromatic nitrogens is 3. The SMILES string of the molecule is Cn1c2ccncc2c2ccc(-c3ccc(O[C@H]4C[C@](O)(COCCCOCCCOCCOc5ccc6c(c5)C(=O)N(C5CCC(=O)NC5=O)C6=O)C4)nc3)cc21. The molecule has 3 aromatic heterocycles. The molecule has 0 spiro atoms. The smallest absolute Gasteiger partial charge is 0.262 e. The van der Waals surface area contributed by atoms with Crippen LogP contribution in [0.5, 0.6) is 11.6 Å². The van der Waals surface area contributed by atoms with Crippen molar-refractivity contribution in [2.75, 3.05) is 46.2 Å². The molecule has 0 radical (unpaired) electrons. The molecule has 5 aromatic rings. The van der Waals surface area contributed by atoms with E-state index in [9.17, 15) is 24.3 Å². The Morgan fingerprint density at radius 3 is 2.33 bits per heavy atom. The Kier molecular flexibility index (Phi) is 11.5. The number of benzene rings is 2. The van der Waals surface area contributed by atoms with Crippen LogP contribution in [-0.2, 0) is 30.8 Å². The van der Waals surface area contributed by atoms with E-state index in [1.165, 1.54) is 17.5 Å². The van der Waals surface area contributed by atoms with Crippen molar-refractivity contribution in [3.05, 3.63) is 84.3 Å². The molecule has 8 rings (SSSR count). The van der Waals surface area contributed by atoms with Crippen LogP contribution in [0.1, 0.15) is 59.2 Å². The number of hydrogen-bond donors (Lipinski definition) is 2. The van der Waals surface area contributed by atoms with E-state index in [1.54, 1.807) is 6.07 Å². The van der Waals surface area contributed by atoms with Crippen LogP contribution >= 0.6 is 0 Å². The second kappa shape index (κ2) is 17.0. The molecule has 15 nitrogen and oxygen atoms in total. The Hall–Kier alpha value is -5.74. The predicted octanol–water partition coefficient (Wildman–Crippen LogP) is 4.37. The first-order valence-electron chi connectivity index (χ1n) is 19.6. The van der Waals surface area contributed by atoms with E-state index in [0.717, 1.165) is 32.4 Å². The molecule has 58 heavy (non-hydrogen) atoms. The highest BCUT2D eigenvalue weighted by Crippen LogP contribution is 2.36. The van der Waals surface area contributed by atoms with Crippen molar-refractivity contribution >= 4 is 45.4 Å². The fourth-order valence-corrected chi connectivity index (χ4v) is 7.76. The van der Waals surface area contributed by atoms with Gasteiger partial charge in [0, 0.05) is 99.2 Å². The molecule has 2 N–H and O–H groups in total. The van der Waals surface area contributed by atoms with Crippen LogP contribution in [0.25, 0.3) is 32.9 Å². The Morgan fingerprint density at radius 2 is 1.55 bits per heavy atom. The highest BCUT2D eigenvalue weighted by Gasteiger charge is 2.45. The van der Waals surface area contributed by atoms with Gasteiger partial charge in [0.05, 0.1) is 35.5 Å². The van der Waals surface area contributed by atoms with Crippen LogP contribution in [0.15, 0.2) is 73.2 Å². The average Bonchev–Trinajstić information content (AvgIpc) is 3.64. The number of hydrogen-bond acceptors (Lipinski definition) is 12. The van der Waals surface area contributed by atoms with E-state index >= 15 is 0 Å². The lowest BCUT2D eigenvalue weighted by Crippen LogP contribution is -2.54. The topological polar surface area (TPSA) is 181 Å². The van der Waals surface area contributed by atoms with Crippen LogP contribution in [0, 0.1) is 0 Å². The molecule has 2 aromatic carbocycles. The van der Waals surface area contributed by atoms with Gasteiger partial charge < -0.3 is 33.4 Å². The number of ether oxygens (including phenoxy) is 5. The third-order valence-electron chi connectivity index (χ3n) is 10.8. The highest BCUT2D eigenvalue weighted by molar-refractivity contribution is 6.23. The summed E-state index contributed by atoms with van der Waals surface area (Å²) in [5, 5.41) is 15.3. The van der Waals surface area contributed by atoms with Gasteiger partial charge in [-0.05, 0) is 61.2 Å². The summed E-state index contributed by atoms with van der Waals surface area (Å²) in [5.74, 6) is -1.28. The van der Waals surface area contributed by atoms with E-state index in [4.69, 9.17) is 23.7 Å². The number of carbonyl (C=O) groups is 4. The Bertz CT molecular complexity index is 2340. The van der Waals surface area contributed by atoms with Crippen molar-refractivity contribution in [1.82, 2.24) is 24.8 Å². The third kappa shape index (κ3) is 8.29. The molecule has 2 aliphatic heterocycles. The Balaban J connectivity index is 0.652. The number of aliphatic hydroxyl groups is 1. The van der Waals surface area contributed by atoms with Gasteiger partial charge in [0.1, 0.15) is 24.5 Å². The minimum Gasteiger partial charge on any atom is -0.491 e. The molecule has 1 saturated heterocycles. The maximum atomic E-state index is 13.0. The maximum absolute atomic E-state index is 13.0. The monoisotopic (exact) mass is 791 g/mol. The average molecular weight is 792 g/mol. The summed E-state index contributed by atoms with van der Waals surface area (Å²) in [5.41, 5.74) is 3.79. The molecule has 2 fully saturated rings. The summed E-state index contributed by atoms with van der Waals surface area (Å²) in [6.07, 6.45) is 7.92. The zero-order chi connectivity index (χ0) is 40.2. The number of amides is 4. The lowest BCUT2D eigenvalue weighted by Gasteiger charge is -2.42. The Morgan fingerprint density at radius 1 is 0.793 bits per heavy atom. The van der Waals surface area contributed by atoms with E-state index in [-0.39, 0.29) is 43.3 Å². The van der Waals surface area contributed by atoms with Gasteiger partial charge in [-0.2, -0.15) is 0 Å². The summed E-state index contributed by atoms with van der Waals surface area (Å²) in [4.78, 5) is 59.3. The zero-order valence-corrected chi connectivity index (χ0v) is 32.2. The highest BCUT2D eigenvalue weighted by atomic mass is 16.5. The largest absolute Gasteiger partial charge is 0.491 e. The number of rotatable bonds is 18. The van der Waals surface area contributed by atoms with Crippen LogP contribution in [0.4, 0.5) is 0 Å². The molecule has 1 atom stereocenters. The number of imide groups is 2. The first-order chi connectivity index (χ1) is 28.2. The first-order valence-corrected chi connectivity index (χ1v) is 19.6. The van der Waals surface area contributed by atoms with Crippen molar-refractivity contribution in [2.24, 2.45) is 7.05 Å². The summed E-state index contributed by atoms with van der Waals surface area (Å²) in [7, 11) is 2.06. The zero-order valence-electron chi connectivity index (χ0n) is 32.2. The third-order valence-corrected chi connectivity index (χ3v) is 10.8. The van der Waals surface area contributed by atoms with Gasteiger partial charge in [0.25, 0.3) is 11.8 Å². The predicted molar refractivity (Wildman–Crippen MR) is 210 cm³/mol. The van der Waals surface area contributed by atoms with Gasteiger partial charge in [-0.1, -0.05) is 12.1 Å². The van der Waals surface area contributed by atoms with Gasteiger partial charge in [-0.25, -0.2) is 4.98 Å². The van der Waals surface area contributed by atoms with Gasteiger partial charge in [-0.3, -0.25) is 34.4 Å². The lowest BCUT2D eigenvalue weighted by atomic mass is 9.78. The van der Waals surface area contributed by atoms with Crippen molar-refractivity contribution < 1.29 is 48.0 Å². The van der Waals surface area contributed by atoms with Gasteiger partial charge in [-0.15, -0.1) is 0 Å². The molecule has 1 saturated carbocycles. The molecular weight excluding hydrogens is 746 g/mol. The van der Waals surface area contributed by atoms with Gasteiger partial charge >= 0.3 is 0 Å². The second-order valence-electron chi connectivity index (χ2n) is 14.9. The fourth-order valence-electron chi connectivity index (χ4n) is 7.76. The standard InChI is InChI=1S/C43H45N5O10/c1-47-35-12-13-44-25-34(35)31-7-4-27(20-37(31)47)28-5-11-39(45-24-28)58-30-22-43(53,23-30)26-56-17-3-15-54-14-2-16-55-18-19-57-29-6-8-32-33(21-29)42(52)48(41(32)51)36-9-10-38(49)46-40(36)50/h4-8,11-13,20-21,24-25,30,36,53H,2-3,9-10,14-19,22-23,26H2,1H3,(H,46,49,50)/t30-,36?,43+. The summed E-state index contributed by atoms with van der Waals surface area (Å²) >= 11 is 0. The number of nitrogens with one attached hydrogen (secondary N) is 1. The number of aryl methyl sites for hydroxylation is 1. The molecule has 4 amide bonds. The normalized spacial score (nSPS) is 20.4. The molecule has 1 aliphatic carbocycles. The van der Waals surface area contributed by atoms with Crippen molar-refractivity contribution in [1.29, 1.82) is 0 Å². The second-order valence-corrected chi connectivity index (χ2v) is 14.9. The van der Waals surface area contributed by atoms with E-state index in [1.807, 2.05) is 36.8 Å². The first kappa shape index (κ1) is 39.1. The van der Waals surface area contributed by atoms with Gasteiger partial charge in [0.2, 0.25) is 17.7 Å². The molecule has 15 heteroatoms. The van der Waals surface area contributed by atoms with Crippen LogP contribution < -0.4 is 14.8 Å². The van der Waals surface area contributed by atoms with Crippen molar-refractivity contribution in [2.45, 2.75) is 56.3 Å². The van der Waals surface area contributed by atoms with Gasteiger partial charge in [0.15, 0.2) is 0 Å². The number of carbonyl (C=O) groups excluding carboxylic acids is 4. The van der Waals surface area contributed by atoms with Crippen molar-refractivity contribution in [3.8, 4) is 22.8 Å². The fraction of sp³-hybridized carbons (Fsp3) is 0.395. The number of pyridine rings is 2. The molecule has 302 valence electrons. The minimum absolute atomic E-state index is 0.0617. The summed E-state index contributed by atoms with van der Waals surface area (Å²) in [6.45, 7) is 2.81. The van der Waals surface area contributed by atoms with Crippen LogP contribution in [0.3, 0.4) is 0 Å². The van der Waals surface area contributed by atoms with Crippen LogP contribution in [-0.4, -0.2) is 112 Å². The van der Waals surface area contributed by atoms with E-state index < -0.39 is 35.3 Å². The quantitative estimate of drug-likeness (QED) is 0.0947. The summed E-state index contributed by atoms with van der Waals surface area (Å²) in [6, 6.07) is 15.9. The number of nitrogens with zero attached hydrogens (tertiary/aromatic N) is 4. The number of piperidine rings is 1. The van der Waals surface area contributed by atoms with Crippen LogP contribution in [0.2, 0.25) is 0 Å². The van der Waals surface area contributed by atoms with Crippen molar-refractivity contribution in [3.63, 3.8) is 0 Å². The molecule has 3 aliphatic rings. The minimum atomic E-state index is -1.01. The number of fused-ring (bicyclic) bond motifs is 4. The van der Waals surface area contributed by atoms with E-state index in [0.29, 0.717) is 70.3 Å². The molecule has 0 bridgehead atoms. The Labute approximate surface area is 334 Å². The molecule has 1 unspecified atom stereocenters.